The summed E-state index contributed by atoms with van der Waals surface area (Å²) in [6, 6.07) is 7.69. The van der Waals surface area contributed by atoms with Crippen molar-refractivity contribution in [2.24, 2.45) is 5.92 Å². The summed E-state index contributed by atoms with van der Waals surface area (Å²) in [7, 11) is 0. The second kappa shape index (κ2) is 6.03. The fourth-order valence-corrected chi connectivity index (χ4v) is 1.86. The highest BCUT2D eigenvalue weighted by molar-refractivity contribution is 6.30. The van der Waals surface area contributed by atoms with Crippen LogP contribution >= 0.6 is 11.6 Å². The van der Waals surface area contributed by atoms with Gasteiger partial charge in [0.25, 0.3) is 0 Å². The van der Waals surface area contributed by atoms with E-state index in [1.54, 1.807) is 0 Å². The third-order valence-electron chi connectivity index (χ3n) is 2.83. The number of nitrogens with one attached hydrogen (secondary N) is 1. The molecule has 1 aromatic rings. The summed E-state index contributed by atoms with van der Waals surface area (Å²) in [5.41, 5.74) is 1.18. The molecule has 0 unspecified atom stereocenters. The summed E-state index contributed by atoms with van der Waals surface area (Å²) < 4.78 is 5.03. The molecular formula is C13H16ClNO2. The highest BCUT2D eigenvalue weighted by Crippen LogP contribution is 2.13. The van der Waals surface area contributed by atoms with Crippen LogP contribution in [0.5, 0.6) is 0 Å². The Labute approximate surface area is 106 Å². The van der Waals surface area contributed by atoms with Crippen molar-refractivity contribution >= 4 is 17.5 Å². The van der Waals surface area contributed by atoms with Crippen LogP contribution in [0.1, 0.15) is 12.0 Å². The predicted octanol–water partition coefficient (Wildman–Crippen LogP) is 2.04. The number of carbonyl (C=O) groups excluding carboxylic acids is 1. The summed E-state index contributed by atoms with van der Waals surface area (Å²) in [6.45, 7) is 2.13. The van der Waals surface area contributed by atoms with E-state index in [-0.39, 0.29) is 5.91 Å². The molecule has 0 aliphatic carbocycles. The molecule has 0 spiro atoms. The maximum absolute atomic E-state index is 11.5. The lowest BCUT2D eigenvalue weighted by Gasteiger charge is -2.25. The Bertz CT molecular complexity index is 374. The molecule has 0 saturated carbocycles. The summed E-state index contributed by atoms with van der Waals surface area (Å²) in [4.78, 5) is 11.5. The Morgan fingerprint density at radius 3 is 2.65 bits per heavy atom. The van der Waals surface area contributed by atoms with E-state index < -0.39 is 0 Å². The molecule has 1 aliphatic heterocycles. The number of hydrogen-bond donors (Lipinski definition) is 1. The monoisotopic (exact) mass is 253 g/mol. The first kappa shape index (κ1) is 12.4. The van der Waals surface area contributed by atoms with Crippen molar-refractivity contribution in [2.45, 2.75) is 12.8 Å². The zero-order valence-electron chi connectivity index (χ0n) is 9.62. The SMILES string of the molecule is O=C(CC1COC1)NCCc1ccc(Cl)cc1. The van der Waals surface area contributed by atoms with Gasteiger partial charge in [0, 0.05) is 23.9 Å². The molecule has 0 radical (unpaired) electrons. The number of rotatable bonds is 5. The van der Waals surface area contributed by atoms with Crippen molar-refractivity contribution in [3.05, 3.63) is 34.9 Å². The van der Waals surface area contributed by atoms with Gasteiger partial charge >= 0.3 is 0 Å². The Morgan fingerprint density at radius 1 is 1.35 bits per heavy atom. The predicted molar refractivity (Wildman–Crippen MR) is 67.1 cm³/mol. The number of ether oxygens (including phenoxy) is 1. The van der Waals surface area contributed by atoms with Gasteiger partial charge in [-0.15, -0.1) is 0 Å². The van der Waals surface area contributed by atoms with Crippen molar-refractivity contribution < 1.29 is 9.53 Å². The Balaban J connectivity index is 1.64. The number of amides is 1. The average Bonchev–Trinajstić information content (AvgIpc) is 2.26. The van der Waals surface area contributed by atoms with Crippen LogP contribution in [0.25, 0.3) is 0 Å². The molecule has 3 nitrogen and oxygen atoms in total. The second-order valence-corrected chi connectivity index (χ2v) is 4.77. The van der Waals surface area contributed by atoms with Gasteiger partial charge in [0.1, 0.15) is 0 Å². The summed E-state index contributed by atoms with van der Waals surface area (Å²) in [6.07, 6.45) is 1.42. The standard InChI is InChI=1S/C13H16ClNO2/c14-12-3-1-10(2-4-12)5-6-15-13(16)7-11-8-17-9-11/h1-4,11H,5-9H2,(H,15,16). The third-order valence-corrected chi connectivity index (χ3v) is 3.08. The molecule has 1 fully saturated rings. The number of halogens is 1. The van der Waals surface area contributed by atoms with Gasteiger partial charge in [-0.1, -0.05) is 23.7 Å². The third kappa shape index (κ3) is 4.02. The van der Waals surface area contributed by atoms with E-state index in [0.717, 1.165) is 24.7 Å². The minimum Gasteiger partial charge on any atom is -0.381 e. The lowest BCUT2D eigenvalue weighted by Crippen LogP contribution is -2.35. The molecule has 0 atom stereocenters. The Morgan fingerprint density at radius 2 is 2.06 bits per heavy atom. The van der Waals surface area contributed by atoms with Gasteiger partial charge in [0.05, 0.1) is 13.2 Å². The van der Waals surface area contributed by atoms with Gasteiger partial charge in [0.15, 0.2) is 0 Å². The molecule has 1 N–H and O–H groups in total. The van der Waals surface area contributed by atoms with E-state index in [1.165, 1.54) is 5.56 Å². The van der Waals surface area contributed by atoms with Gasteiger partial charge < -0.3 is 10.1 Å². The summed E-state index contributed by atoms with van der Waals surface area (Å²) in [5.74, 6) is 0.540. The van der Waals surface area contributed by atoms with Gasteiger partial charge in [-0.2, -0.15) is 0 Å². The molecule has 0 bridgehead atoms. The van der Waals surface area contributed by atoms with Gasteiger partial charge in [-0.05, 0) is 24.1 Å². The minimum atomic E-state index is 0.118. The minimum absolute atomic E-state index is 0.118. The van der Waals surface area contributed by atoms with Crippen molar-refractivity contribution in [3.63, 3.8) is 0 Å². The molecule has 0 aromatic heterocycles. The van der Waals surface area contributed by atoms with Crippen LogP contribution in [0.4, 0.5) is 0 Å². The van der Waals surface area contributed by atoms with Gasteiger partial charge in [-0.25, -0.2) is 0 Å². The zero-order chi connectivity index (χ0) is 12.1. The Hall–Kier alpha value is -1.06. The molecule has 1 saturated heterocycles. The molecule has 92 valence electrons. The van der Waals surface area contributed by atoms with Crippen molar-refractivity contribution in [1.82, 2.24) is 5.32 Å². The number of benzene rings is 1. The van der Waals surface area contributed by atoms with E-state index in [4.69, 9.17) is 16.3 Å². The molecule has 4 heteroatoms. The fraction of sp³-hybridized carbons (Fsp3) is 0.462. The normalized spacial score (nSPS) is 15.4. The van der Waals surface area contributed by atoms with Crippen molar-refractivity contribution in [3.8, 4) is 0 Å². The maximum Gasteiger partial charge on any atom is 0.220 e. The fourth-order valence-electron chi connectivity index (χ4n) is 1.73. The number of hydrogen-bond acceptors (Lipinski definition) is 2. The smallest absolute Gasteiger partial charge is 0.220 e. The molecule has 2 rings (SSSR count). The van der Waals surface area contributed by atoms with Crippen LogP contribution in [0.3, 0.4) is 0 Å². The van der Waals surface area contributed by atoms with E-state index in [2.05, 4.69) is 5.32 Å². The van der Waals surface area contributed by atoms with E-state index in [0.29, 0.717) is 18.9 Å². The first-order valence-corrected chi connectivity index (χ1v) is 6.21. The zero-order valence-corrected chi connectivity index (χ0v) is 10.4. The molecule has 17 heavy (non-hydrogen) atoms. The van der Waals surface area contributed by atoms with Crippen LogP contribution in [0.15, 0.2) is 24.3 Å². The summed E-state index contributed by atoms with van der Waals surface area (Å²) >= 11 is 5.79. The largest absolute Gasteiger partial charge is 0.381 e. The van der Waals surface area contributed by atoms with E-state index in [9.17, 15) is 4.79 Å². The quantitative estimate of drug-likeness (QED) is 0.872. The van der Waals surface area contributed by atoms with E-state index in [1.807, 2.05) is 24.3 Å². The highest BCUT2D eigenvalue weighted by Gasteiger charge is 2.21. The van der Waals surface area contributed by atoms with Gasteiger partial charge in [0.2, 0.25) is 5.91 Å². The lowest BCUT2D eigenvalue weighted by molar-refractivity contribution is -0.126. The topological polar surface area (TPSA) is 38.3 Å². The molecule has 1 aromatic carbocycles. The Kier molecular flexibility index (Phi) is 4.40. The molecule has 1 amide bonds. The molecule has 1 aliphatic rings. The molecular weight excluding hydrogens is 238 g/mol. The van der Waals surface area contributed by atoms with Crippen molar-refractivity contribution in [2.75, 3.05) is 19.8 Å². The van der Waals surface area contributed by atoms with Crippen LogP contribution in [-0.4, -0.2) is 25.7 Å². The van der Waals surface area contributed by atoms with Crippen LogP contribution < -0.4 is 5.32 Å². The van der Waals surface area contributed by atoms with Crippen LogP contribution in [0, 0.1) is 5.92 Å². The van der Waals surface area contributed by atoms with E-state index >= 15 is 0 Å². The summed E-state index contributed by atoms with van der Waals surface area (Å²) in [5, 5.41) is 3.66. The number of carbonyl (C=O) groups is 1. The lowest BCUT2D eigenvalue weighted by atomic mass is 10.0. The second-order valence-electron chi connectivity index (χ2n) is 4.33. The average molecular weight is 254 g/mol. The van der Waals surface area contributed by atoms with Crippen molar-refractivity contribution in [1.29, 1.82) is 0 Å². The van der Waals surface area contributed by atoms with Gasteiger partial charge in [-0.3, -0.25) is 4.79 Å². The maximum atomic E-state index is 11.5. The first-order valence-electron chi connectivity index (χ1n) is 5.83. The first-order chi connectivity index (χ1) is 8.24. The highest BCUT2D eigenvalue weighted by atomic mass is 35.5. The molecule has 1 heterocycles. The van der Waals surface area contributed by atoms with Crippen LogP contribution in [0.2, 0.25) is 5.02 Å². The van der Waals surface area contributed by atoms with Crippen LogP contribution in [-0.2, 0) is 16.0 Å².